The normalized spacial score (nSPS) is 12.6. The predicted octanol–water partition coefficient (Wildman–Crippen LogP) is 2.91. The van der Waals surface area contributed by atoms with E-state index >= 15 is 0 Å². The Balaban J connectivity index is 1.97. The fraction of sp³-hybridized carbons (Fsp3) is 0.318. The molecule has 0 radical (unpaired) electrons. The van der Waals surface area contributed by atoms with Crippen LogP contribution < -0.4 is 5.32 Å². The Morgan fingerprint density at radius 2 is 1.50 bits per heavy atom. The molecule has 6 nitrogen and oxygen atoms in total. The summed E-state index contributed by atoms with van der Waals surface area (Å²) in [6, 6.07) is 16.3. The number of ketones is 1. The molecule has 1 N–H and O–H groups in total. The van der Waals surface area contributed by atoms with E-state index in [0.29, 0.717) is 5.56 Å². The lowest BCUT2D eigenvalue weighted by Crippen LogP contribution is -2.47. The number of Topliss-reactive ketones (excluding diaryl/α,β-unsaturated/α-hetero) is 1. The Morgan fingerprint density at radius 1 is 0.893 bits per heavy atom. The molecule has 0 spiro atoms. The van der Waals surface area contributed by atoms with Gasteiger partial charge in [0.25, 0.3) is 0 Å². The van der Waals surface area contributed by atoms with Gasteiger partial charge in [0, 0.05) is 12.0 Å². The minimum absolute atomic E-state index is 0.112. The van der Waals surface area contributed by atoms with Gasteiger partial charge in [0.15, 0.2) is 5.78 Å². The van der Waals surface area contributed by atoms with Crippen LogP contribution in [0.2, 0.25) is 0 Å². The average Bonchev–Trinajstić information content (AvgIpc) is 2.72. The summed E-state index contributed by atoms with van der Waals surface area (Å²) >= 11 is 0. The van der Waals surface area contributed by atoms with Gasteiger partial charge < -0.3 is 9.47 Å². The van der Waals surface area contributed by atoms with Crippen LogP contribution in [0, 0.1) is 0 Å². The van der Waals surface area contributed by atoms with Crippen LogP contribution in [0.5, 0.6) is 0 Å². The number of hydrogen-bond donors (Lipinski definition) is 1. The third kappa shape index (κ3) is 6.63. The number of benzene rings is 2. The van der Waals surface area contributed by atoms with Crippen LogP contribution in [0.1, 0.15) is 36.2 Å². The lowest BCUT2D eigenvalue weighted by Gasteiger charge is -2.20. The number of hydrogen-bond acceptors (Lipinski definition) is 6. The molecule has 6 heteroatoms. The van der Waals surface area contributed by atoms with Crippen LogP contribution in [0.3, 0.4) is 0 Å². The first kappa shape index (κ1) is 21.3. The summed E-state index contributed by atoms with van der Waals surface area (Å²) in [7, 11) is 0. The average molecular weight is 383 g/mol. The van der Waals surface area contributed by atoms with Crippen LogP contribution in [0.4, 0.5) is 0 Å². The fourth-order valence-corrected chi connectivity index (χ4v) is 2.60. The monoisotopic (exact) mass is 383 g/mol. The van der Waals surface area contributed by atoms with Gasteiger partial charge in [-0.2, -0.15) is 0 Å². The van der Waals surface area contributed by atoms with Gasteiger partial charge in [-0.15, -0.1) is 0 Å². The van der Waals surface area contributed by atoms with E-state index < -0.39 is 24.0 Å². The number of nitrogens with one attached hydrogen (secondary N) is 1. The third-order valence-corrected chi connectivity index (χ3v) is 4.09. The molecule has 28 heavy (non-hydrogen) atoms. The molecule has 1 unspecified atom stereocenters. The minimum Gasteiger partial charge on any atom is -0.465 e. The van der Waals surface area contributed by atoms with E-state index in [1.54, 1.807) is 38.1 Å². The first-order valence-electron chi connectivity index (χ1n) is 9.22. The highest BCUT2D eigenvalue weighted by Crippen LogP contribution is 2.09. The largest absolute Gasteiger partial charge is 0.465 e. The van der Waals surface area contributed by atoms with Crippen molar-refractivity contribution in [2.75, 3.05) is 6.61 Å². The van der Waals surface area contributed by atoms with Gasteiger partial charge in [-0.3, -0.25) is 19.7 Å². The Kier molecular flexibility index (Phi) is 8.37. The van der Waals surface area contributed by atoms with Crippen molar-refractivity contribution in [1.29, 1.82) is 0 Å². The lowest BCUT2D eigenvalue weighted by atomic mass is 10.0. The minimum atomic E-state index is -0.938. The van der Waals surface area contributed by atoms with Crippen LogP contribution in [0.15, 0.2) is 60.7 Å². The van der Waals surface area contributed by atoms with Crippen LogP contribution in [0.25, 0.3) is 0 Å². The van der Waals surface area contributed by atoms with Crippen molar-refractivity contribution in [3.05, 3.63) is 71.8 Å². The van der Waals surface area contributed by atoms with E-state index in [4.69, 9.17) is 9.47 Å². The number of carbonyl (C=O) groups is 3. The van der Waals surface area contributed by atoms with Gasteiger partial charge in [0.1, 0.15) is 18.7 Å². The number of carbonyl (C=O) groups excluding carboxylic acids is 3. The Hall–Kier alpha value is -2.99. The summed E-state index contributed by atoms with van der Waals surface area (Å²) in [5.74, 6) is -1.30. The van der Waals surface area contributed by atoms with Crippen LogP contribution in [-0.4, -0.2) is 36.4 Å². The Bertz CT molecular complexity index is 776. The number of rotatable bonds is 10. The maximum Gasteiger partial charge on any atom is 0.323 e. The molecule has 0 aromatic heterocycles. The fourth-order valence-electron chi connectivity index (χ4n) is 2.60. The molecule has 0 saturated heterocycles. The van der Waals surface area contributed by atoms with Crippen molar-refractivity contribution >= 4 is 17.7 Å². The maximum absolute atomic E-state index is 12.5. The highest BCUT2D eigenvalue weighted by molar-refractivity contribution is 5.99. The second-order valence-corrected chi connectivity index (χ2v) is 6.28. The van der Waals surface area contributed by atoms with Crippen molar-refractivity contribution in [3.8, 4) is 0 Å². The van der Waals surface area contributed by atoms with Gasteiger partial charge >= 0.3 is 11.9 Å². The standard InChI is InChI=1S/C22H25NO5/c1-3-27-22(26)19(14-20(24)18-12-8-5-9-13-18)23-16(2)21(25)28-15-17-10-6-4-7-11-17/h4-13,16,19,23H,3,14-15H2,1-2H3/t16-,19?/m0/s1. The van der Waals surface area contributed by atoms with E-state index in [1.165, 1.54) is 0 Å². The molecule has 0 fully saturated rings. The Morgan fingerprint density at radius 3 is 2.11 bits per heavy atom. The topological polar surface area (TPSA) is 81.7 Å². The summed E-state index contributed by atoms with van der Waals surface area (Å²) in [4.78, 5) is 37.0. The van der Waals surface area contributed by atoms with Crippen molar-refractivity contribution in [1.82, 2.24) is 5.32 Å². The molecule has 0 heterocycles. The van der Waals surface area contributed by atoms with Crippen LogP contribution >= 0.6 is 0 Å². The van der Waals surface area contributed by atoms with E-state index in [2.05, 4.69) is 5.32 Å². The molecule has 0 aliphatic heterocycles. The first-order chi connectivity index (χ1) is 13.5. The second kappa shape index (κ2) is 11.0. The van der Waals surface area contributed by atoms with Crippen molar-refractivity contribution in [3.63, 3.8) is 0 Å². The molecule has 148 valence electrons. The van der Waals surface area contributed by atoms with Crippen molar-refractivity contribution in [2.24, 2.45) is 0 Å². The highest BCUT2D eigenvalue weighted by Gasteiger charge is 2.28. The van der Waals surface area contributed by atoms with E-state index in [-0.39, 0.29) is 25.4 Å². The predicted molar refractivity (Wildman–Crippen MR) is 105 cm³/mol. The van der Waals surface area contributed by atoms with Gasteiger partial charge in [0.05, 0.1) is 6.61 Å². The van der Waals surface area contributed by atoms with Crippen molar-refractivity contribution < 1.29 is 23.9 Å². The maximum atomic E-state index is 12.5. The molecule has 0 aliphatic carbocycles. The molecule has 0 amide bonds. The third-order valence-electron chi connectivity index (χ3n) is 4.09. The summed E-state index contributed by atoms with van der Waals surface area (Å²) in [5.41, 5.74) is 1.36. The van der Waals surface area contributed by atoms with Gasteiger partial charge in [-0.25, -0.2) is 0 Å². The molecular weight excluding hydrogens is 358 g/mol. The van der Waals surface area contributed by atoms with E-state index in [1.807, 2.05) is 36.4 Å². The molecule has 2 rings (SSSR count). The molecule has 0 bridgehead atoms. The van der Waals surface area contributed by atoms with Gasteiger partial charge in [0.2, 0.25) is 0 Å². The van der Waals surface area contributed by atoms with Gasteiger partial charge in [-0.1, -0.05) is 60.7 Å². The number of esters is 2. The zero-order chi connectivity index (χ0) is 20.4. The summed E-state index contributed by atoms with van der Waals surface area (Å²) in [6.07, 6.45) is -0.112. The van der Waals surface area contributed by atoms with Crippen molar-refractivity contribution in [2.45, 2.75) is 39.0 Å². The van der Waals surface area contributed by atoms with Crippen LogP contribution in [-0.2, 0) is 25.7 Å². The molecule has 2 aromatic rings. The smallest absolute Gasteiger partial charge is 0.323 e. The molecule has 0 aliphatic rings. The molecule has 2 aromatic carbocycles. The molecular formula is C22H25NO5. The number of ether oxygens (including phenoxy) is 2. The summed E-state index contributed by atoms with van der Waals surface area (Å²) in [6.45, 7) is 3.60. The molecule has 2 atom stereocenters. The van der Waals surface area contributed by atoms with E-state index in [0.717, 1.165) is 5.56 Å². The first-order valence-corrected chi connectivity index (χ1v) is 9.22. The second-order valence-electron chi connectivity index (χ2n) is 6.28. The SMILES string of the molecule is CCOC(=O)C(CC(=O)c1ccccc1)N[C@@H](C)C(=O)OCc1ccccc1. The highest BCUT2D eigenvalue weighted by atomic mass is 16.5. The summed E-state index contributed by atoms with van der Waals surface area (Å²) < 4.78 is 10.3. The quantitative estimate of drug-likeness (QED) is 0.502. The lowest BCUT2D eigenvalue weighted by molar-refractivity contribution is -0.149. The molecule has 0 saturated carbocycles. The summed E-state index contributed by atoms with van der Waals surface area (Å²) in [5, 5.41) is 2.87. The zero-order valence-electron chi connectivity index (χ0n) is 16.1. The van der Waals surface area contributed by atoms with Gasteiger partial charge in [-0.05, 0) is 19.4 Å². The van der Waals surface area contributed by atoms with E-state index in [9.17, 15) is 14.4 Å². The Labute approximate surface area is 164 Å². The zero-order valence-corrected chi connectivity index (χ0v) is 16.1.